The number of benzene rings is 3. The van der Waals surface area contributed by atoms with E-state index >= 15 is 0 Å². The lowest BCUT2D eigenvalue weighted by molar-refractivity contribution is -0.288. The molecule has 3 aromatic rings. The van der Waals surface area contributed by atoms with Crippen molar-refractivity contribution < 1.29 is 55.7 Å². The number of anilines is 1. The van der Waals surface area contributed by atoms with E-state index < -0.39 is 74.9 Å². The van der Waals surface area contributed by atoms with E-state index in [9.17, 15) is 55.7 Å². The SMILES string of the molecule is CNC(=O)c1cc2c(cc1C=O)C(=O)N(c1cc(C(c3ccc(O)c(C)c3)(C(F)(F)F)C(F)(F)F)ccc1O)C2=O. The Morgan fingerprint density at radius 2 is 1.34 bits per heavy atom. The Kier molecular flexibility index (Phi) is 6.85. The largest absolute Gasteiger partial charge is 0.508 e. The van der Waals surface area contributed by atoms with Gasteiger partial charge in [-0.2, -0.15) is 26.3 Å². The Morgan fingerprint density at radius 1 is 0.829 bits per heavy atom. The van der Waals surface area contributed by atoms with E-state index in [2.05, 4.69) is 5.32 Å². The van der Waals surface area contributed by atoms with E-state index in [-0.39, 0.29) is 33.9 Å². The summed E-state index contributed by atoms with van der Waals surface area (Å²) >= 11 is 0. The van der Waals surface area contributed by atoms with Crippen LogP contribution in [0.1, 0.15) is 58.1 Å². The Labute approximate surface area is 226 Å². The van der Waals surface area contributed by atoms with Crippen LogP contribution in [0.2, 0.25) is 0 Å². The average Bonchev–Trinajstić information content (AvgIpc) is 3.13. The zero-order valence-electron chi connectivity index (χ0n) is 20.9. The normalized spacial score (nSPS) is 13.8. The van der Waals surface area contributed by atoms with Crippen molar-refractivity contribution in [3.8, 4) is 11.5 Å². The number of aldehydes is 1. The standard InChI is InChI=1S/C27H18F6N2O6/c1-12-7-14(3-5-20(12)37)25(26(28,29)30,27(31,32)33)15-4-6-21(38)19(9-15)35-23(40)17-8-13(11-36)16(22(39)34-2)10-18(17)24(35)41/h3-11,37-38H,1-2H3,(H,34,39). The first-order chi connectivity index (χ1) is 19.0. The molecule has 0 spiro atoms. The maximum absolute atomic E-state index is 14.6. The molecule has 0 saturated heterocycles. The maximum Gasteiger partial charge on any atom is 0.411 e. The van der Waals surface area contributed by atoms with Crippen LogP contribution in [0, 0.1) is 6.92 Å². The highest BCUT2D eigenvalue weighted by Crippen LogP contribution is 2.57. The number of nitrogens with zero attached hydrogens (tertiary/aromatic N) is 1. The lowest BCUT2D eigenvalue weighted by Gasteiger charge is -2.39. The summed E-state index contributed by atoms with van der Waals surface area (Å²) in [5.41, 5.74) is -10.4. The Bertz CT molecular complexity index is 1620. The second kappa shape index (κ2) is 9.64. The van der Waals surface area contributed by atoms with Crippen LogP contribution in [0.25, 0.3) is 0 Å². The molecular formula is C27H18F6N2O6. The number of alkyl halides is 6. The Balaban J connectivity index is 1.99. The Hall–Kier alpha value is -4.88. The molecule has 0 atom stereocenters. The molecule has 0 aliphatic carbocycles. The molecule has 0 fully saturated rings. The third-order valence-corrected chi connectivity index (χ3v) is 6.78. The van der Waals surface area contributed by atoms with E-state index in [1.165, 1.54) is 7.05 Å². The number of rotatable bonds is 5. The summed E-state index contributed by atoms with van der Waals surface area (Å²) in [6.45, 7) is 1.10. The number of hydrogen-bond acceptors (Lipinski definition) is 6. The van der Waals surface area contributed by atoms with E-state index in [0.29, 0.717) is 30.3 Å². The second-order valence-corrected chi connectivity index (χ2v) is 9.08. The molecule has 0 unspecified atom stereocenters. The van der Waals surface area contributed by atoms with Crippen LogP contribution in [0.4, 0.5) is 32.0 Å². The average molecular weight is 580 g/mol. The number of amides is 3. The Morgan fingerprint density at radius 3 is 1.83 bits per heavy atom. The minimum atomic E-state index is -6.05. The molecule has 3 amide bonds. The smallest absolute Gasteiger partial charge is 0.411 e. The summed E-state index contributed by atoms with van der Waals surface area (Å²) in [7, 11) is 1.22. The van der Waals surface area contributed by atoms with Crippen LogP contribution in [-0.4, -0.2) is 53.6 Å². The van der Waals surface area contributed by atoms with Gasteiger partial charge in [0.2, 0.25) is 5.41 Å². The molecule has 1 aliphatic rings. The molecule has 0 saturated carbocycles. The van der Waals surface area contributed by atoms with Gasteiger partial charge >= 0.3 is 12.4 Å². The third-order valence-electron chi connectivity index (χ3n) is 6.78. The van der Waals surface area contributed by atoms with Gasteiger partial charge in [-0.25, -0.2) is 4.90 Å². The number of aryl methyl sites for hydroxylation is 1. The molecule has 1 heterocycles. The van der Waals surface area contributed by atoms with Gasteiger partial charge in [0.15, 0.2) is 6.29 Å². The number of hydrogen-bond donors (Lipinski definition) is 3. The minimum Gasteiger partial charge on any atom is -0.508 e. The van der Waals surface area contributed by atoms with Crippen LogP contribution < -0.4 is 10.2 Å². The van der Waals surface area contributed by atoms with Crippen molar-refractivity contribution in [2.24, 2.45) is 0 Å². The third kappa shape index (κ3) is 4.26. The molecule has 4 rings (SSSR count). The molecule has 3 aromatic carbocycles. The number of phenols is 2. The highest BCUT2D eigenvalue weighted by Gasteiger charge is 2.72. The van der Waals surface area contributed by atoms with Crippen molar-refractivity contribution in [2.75, 3.05) is 11.9 Å². The van der Waals surface area contributed by atoms with Crippen LogP contribution >= 0.6 is 0 Å². The number of carbonyl (C=O) groups is 4. The van der Waals surface area contributed by atoms with Crippen molar-refractivity contribution in [3.63, 3.8) is 0 Å². The van der Waals surface area contributed by atoms with Crippen LogP contribution in [0.5, 0.6) is 11.5 Å². The van der Waals surface area contributed by atoms with E-state index in [0.717, 1.165) is 19.1 Å². The number of fused-ring (bicyclic) bond motifs is 1. The first-order valence-corrected chi connectivity index (χ1v) is 11.5. The van der Waals surface area contributed by atoms with E-state index in [4.69, 9.17) is 0 Å². The number of halogens is 6. The zero-order valence-corrected chi connectivity index (χ0v) is 20.9. The second-order valence-electron chi connectivity index (χ2n) is 9.08. The maximum atomic E-state index is 14.6. The van der Waals surface area contributed by atoms with Gasteiger partial charge in [0, 0.05) is 12.6 Å². The lowest BCUT2D eigenvalue weighted by atomic mass is 9.72. The highest BCUT2D eigenvalue weighted by molar-refractivity contribution is 6.35. The van der Waals surface area contributed by atoms with E-state index in [1.54, 1.807) is 0 Å². The molecule has 214 valence electrons. The van der Waals surface area contributed by atoms with Crippen LogP contribution in [-0.2, 0) is 5.41 Å². The summed E-state index contributed by atoms with van der Waals surface area (Å²) in [5.74, 6) is -4.93. The van der Waals surface area contributed by atoms with Gasteiger partial charge < -0.3 is 15.5 Å². The molecule has 0 radical (unpaired) electrons. The van der Waals surface area contributed by atoms with Crippen LogP contribution in [0.15, 0.2) is 48.5 Å². The monoisotopic (exact) mass is 580 g/mol. The van der Waals surface area contributed by atoms with Gasteiger partial charge in [-0.3, -0.25) is 19.2 Å². The first kappa shape index (κ1) is 29.1. The summed E-state index contributed by atoms with van der Waals surface area (Å²) in [4.78, 5) is 50.2. The van der Waals surface area contributed by atoms with E-state index in [1.807, 2.05) is 0 Å². The molecule has 14 heteroatoms. The molecule has 3 N–H and O–H groups in total. The van der Waals surface area contributed by atoms with Gasteiger partial charge in [0.05, 0.1) is 22.4 Å². The predicted molar refractivity (Wildman–Crippen MR) is 130 cm³/mol. The molecule has 1 aliphatic heterocycles. The summed E-state index contributed by atoms with van der Waals surface area (Å²) in [5, 5.41) is 22.4. The fourth-order valence-corrected chi connectivity index (χ4v) is 4.76. The topological polar surface area (TPSA) is 124 Å². The summed E-state index contributed by atoms with van der Waals surface area (Å²) in [6, 6.07) is 4.43. The molecule has 41 heavy (non-hydrogen) atoms. The van der Waals surface area contributed by atoms with Crippen molar-refractivity contribution in [2.45, 2.75) is 24.7 Å². The molecule has 0 aromatic heterocycles. The van der Waals surface area contributed by atoms with Gasteiger partial charge in [0.25, 0.3) is 17.7 Å². The highest BCUT2D eigenvalue weighted by atomic mass is 19.4. The number of nitrogens with one attached hydrogen (secondary N) is 1. The molecule has 8 nitrogen and oxygen atoms in total. The van der Waals surface area contributed by atoms with Crippen molar-refractivity contribution in [1.29, 1.82) is 0 Å². The fraction of sp³-hybridized carbons (Fsp3) is 0.185. The first-order valence-electron chi connectivity index (χ1n) is 11.5. The number of aromatic hydroxyl groups is 2. The minimum absolute atomic E-state index is 0.158. The molecular weight excluding hydrogens is 562 g/mol. The van der Waals surface area contributed by atoms with Gasteiger partial charge in [0.1, 0.15) is 11.5 Å². The van der Waals surface area contributed by atoms with Crippen molar-refractivity contribution in [1.82, 2.24) is 5.32 Å². The molecule has 0 bridgehead atoms. The van der Waals surface area contributed by atoms with Gasteiger partial charge in [-0.1, -0.05) is 18.2 Å². The van der Waals surface area contributed by atoms with Crippen molar-refractivity contribution >= 4 is 29.7 Å². The quantitative estimate of drug-likeness (QED) is 0.227. The van der Waals surface area contributed by atoms with Gasteiger partial charge in [-0.15, -0.1) is 0 Å². The lowest BCUT2D eigenvalue weighted by Crippen LogP contribution is -2.54. The number of imide groups is 1. The fourth-order valence-electron chi connectivity index (χ4n) is 4.76. The predicted octanol–water partition coefficient (Wildman–Crippen LogP) is 4.79. The zero-order chi connectivity index (χ0) is 30.7. The number of phenolic OH excluding ortho intramolecular Hbond substituents is 2. The summed E-state index contributed by atoms with van der Waals surface area (Å²) < 4.78 is 87.8. The van der Waals surface area contributed by atoms with Gasteiger partial charge in [-0.05, 0) is 53.9 Å². The summed E-state index contributed by atoms with van der Waals surface area (Å²) in [6.07, 6.45) is -11.9. The number of carbonyl (C=O) groups excluding carboxylic acids is 4. The van der Waals surface area contributed by atoms with Crippen molar-refractivity contribution in [3.05, 3.63) is 87.5 Å². The van der Waals surface area contributed by atoms with Crippen LogP contribution in [0.3, 0.4) is 0 Å².